The normalized spacial score (nSPS) is 13.3. The number of anilines is 3. The first kappa shape index (κ1) is 36.3. The molecule has 0 bridgehead atoms. The smallest absolute Gasteiger partial charge is 0.0540 e. The molecule has 2 heteroatoms. The van der Waals surface area contributed by atoms with Gasteiger partial charge in [0.2, 0.25) is 0 Å². The minimum absolute atomic E-state index is 0.587. The van der Waals surface area contributed by atoms with E-state index < -0.39 is 0 Å². The van der Waals surface area contributed by atoms with E-state index in [-0.39, 0.29) is 0 Å². The van der Waals surface area contributed by atoms with Gasteiger partial charge in [0.15, 0.2) is 0 Å². The van der Waals surface area contributed by atoms with Crippen LogP contribution < -0.4 is 4.90 Å². The molecule has 288 valence electrons. The first-order chi connectivity index (χ1) is 29.8. The van der Waals surface area contributed by atoms with Crippen molar-refractivity contribution in [3.05, 3.63) is 212 Å². The molecule has 0 saturated heterocycles. The molecule has 0 unspecified atom stereocenters. The van der Waals surface area contributed by atoms with Crippen molar-refractivity contribution >= 4 is 59.3 Å². The minimum Gasteiger partial charge on any atom is -0.309 e. The second-order valence-electron chi connectivity index (χ2n) is 16.2. The maximum atomic E-state index is 2.50. The highest BCUT2D eigenvalue weighted by atomic mass is 32.1. The van der Waals surface area contributed by atoms with Crippen LogP contribution in [0.2, 0.25) is 0 Å². The molecule has 1 aliphatic carbocycles. The molecule has 0 amide bonds. The Morgan fingerprint density at radius 3 is 1.72 bits per heavy atom. The molecule has 10 aromatic rings. The third-order valence-corrected chi connectivity index (χ3v) is 13.8. The Morgan fingerprint density at radius 1 is 0.367 bits per heavy atom. The molecular weight excluding hydrogens is 743 g/mol. The van der Waals surface area contributed by atoms with Crippen LogP contribution in [-0.2, 0) is 0 Å². The average Bonchev–Trinajstić information content (AvgIpc) is 3.72. The average molecular weight is 788 g/mol. The van der Waals surface area contributed by atoms with Crippen LogP contribution in [0.15, 0.2) is 206 Å². The number of hydrogen-bond donors (Lipinski definition) is 0. The van der Waals surface area contributed by atoms with Crippen LogP contribution in [0.4, 0.5) is 17.1 Å². The molecule has 1 heterocycles. The van der Waals surface area contributed by atoms with Crippen molar-refractivity contribution in [2.75, 3.05) is 4.90 Å². The highest BCUT2D eigenvalue weighted by Crippen LogP contribution is 2.48. The maximum absolute atomic E-state index is 2.50. The largest absolute Gasteiger partial charge is 0.309 e. The van der Waals surface area contributed by atoms with Crippen molar-refractivity contribution in [2.24, 2.45) is 0 Å². The first-order valence-corrected chi connectivity index (χ1v) is 22.3. The molecule has 1 aliphatic rings. The van der Waals surface area contributed by atoms with E-state index >= 15 is 0 Å². The van der Waals surface area contributed by atoms with Gasteiger partial charge in [0, 0.05) is 37.0 Å². The van der Waals surface area contributed by atoms with Gasteiger partial charge in [-0.3, -0.25) is 0 Å². The standard InChI is InChI=1S/C58H45NS/c1-3-16-40(17-4-1)41-32-34-43(35-33-41)47-22-7-10-28-53(47)59(46-38-36-44(37-39-46)49-26-15-31-56-58(49)52-24-9-12-30-55(52)60-56)54-29-11-8-23-50(54)51-27-14-21-45-20-13-25-48(57(45)51)42-18-5-2-6-19-42/h1,3-4,7-17,20-39,42H,2,5-6,18-19H2. The van der Waals surface area contributed by atoms with E-state index in [1.54, 1.807) is 0 Å². The lowest BCUT2D eigenvalue weighted by Crippen LogP contribution is -2.12. The molecule has 9 aromatic carbocycles. The van der Waals surface area contributed by atoms with Gasteiger partial charge in [-0.05, 0) is 105 Å². The topological polar surface area (TPSA) is 3.24 Å². The van der Waals surface area contributed by atoms with E-state index in [9.17, 15) is 0 Å². The lowest BCUT2D eigenvalue weighted by atomic mass is 9.80. The summed E-state index contributed by atoms with van der Waals surface area (Å²) in [4.78, 5) is 2.50. The van der Waals surface area contributed by atoms with E-state index in [4.69, 9.17) is 0 Å². The van der Waals surface area contributed by atoms with Crippen LogP contribution in [-0.4, -0.2) is 0 Å². The van der Waals surface area contributed by atoms with Crippen LogP contribution in [0.25, 0.3) is 75.5 Å². The summed E-state index contributed by atoms with van der Waals surface area (Å²) in [5.74, 6) is 0.587. The molecule has 0 radical (unpaired) electrons. The van der Waals surface area contributed by atoms with Crippen molar-refractivity contribution in [2.45, 2.75) is 38.0 Å². The predicted octanol–water partition coefficient (Wildman–Crippen LogP) is 17.4. The van der Waals surface area contributed by atoms with Gasteiger partial charge in [-0.2, -0.15) is 0 Å². The zero-order valence-electron chi connectivity index (χ0n) is 33.6. The molecule has 1 saturated carbocycles. The van der Waals surface area contributed by atoms with Crippen molar-refractivity contribution in [1.82, 2.24) is 0 Å². The summed E-state index contributed by atoms with van der Waals surface area (Å²) in [5, 5.41) is 5.37. The van der Waals surface area contributed by atoms with Gasteiger partial charge in [-0.1, -0.05) is 189 Å². The van der Waals surface area contributed by atoms with Crippen molar-refractivity contribution in [3.8, 4) is 44.5 Å². The number of rotatable bonds is 8. The number of para-hydroxylation sites is 2. The number of fused-ring (bicyclic) bond motifs is 4. The Labute approximate surface area is 356 Å². The zero-order valence-corrected chi connectivity index (χ0v) is 34.4. The Morgan fingerprint density at radius 2 is 0.917 bits per heavy atom. The summed E-state index contributed by atoms with van der Waals surface area (Å²) in [6.07, 6.45) is 6.49. The van der Waals surface area contributed by atoms with Crippen molar-refractivity contribution in [1.29, 1.82) is 0 Å². The summed E-state index contributed by atoms with van der Waals surface area (Å²) in [5.41, 5.74) is 14.8. The molecule has 1 fully saturated rings. The first-order valence-electron chi connectivity index (χ1n) is 21.5. The fourth-order valence-electron chi connectivity index (χ4n) is 9.84. The van der Waals surface area contributed by atoms with E-state index in [2.05, 4.69) is 211 Å². The van der Waals surface area contributed by atoms with E-state index in [0.717, 1.165) is 17.1 Å². The number of nitrogens with zero attached hydrogens (tertiary/aromatic N) is 1. The molecule has 1 nitrogen and oxygen atoms in total. The zero-order chi connectivity index (χ0) is 39.8. The maximum Gasteiger partial charge on any atom is 0.0540 e. The predicted molar refractivity (Wildman–Crippen MR) is 259 cm³/mol. The molecular formula is C58H45NS. The van der Waals surface area contributed by atoms with Gasteiger partial charge in [0.1, 0.15) is 0 Å². The SMILES string of the molecule is c1ccc(-c2ccc(-c3ccccc3N(c3ccc(-c4cccc5sc6ccccc6c45)cc3)c3ccccc3-c3cccc4cccc(C5CCCCC5)c34)cc2)cc1. The highest BCUT2D eigenvalue weighted by molar-refractivity contribution is 7.25. The summed E-state index contributed by atoms with van der Waals surface area (Å²) in [6.45, 7) is 0. The Balaban J connectivity index is 1.10. The Bertz CT molecular complexity index is 3110. The highest BCUT2D eigenvalue weighted by Gasteiger charge is 2.24. The van der Waals surface area contributed by atoms with E-state index in [0.29, 0.717) is 5.92 Å². The second-order valence-corrected chi connectivity index (χ2v) is 17.3. The quantitative estimate of drug-likeness (QED) is 0.148. The number of benzene rings is 9. The van der Waals surface area contributed by atoms with Crippen LogP contribution in [0.5, 0.6) is 0 Å². The van der Waals surface area contributed by atoms with Crippen LogP contribution in [0.3, 0.4) is 0 Å². The third kappa shape index (κ3) is 6.58. The minimum atomic E-state index is 0.587. The van der Waals surface area contributed by atoms with Crippen LogP contribution in [0, 0.1) is 0 Å². The molecule has 11 rings (SSSR count). The summed E-state index contributed by atoms with van der Waals surface area (Å²) >= 11 is 1.87. The molecule has 0 atom stereocenters. The fraction of sp³-hybridized carbons (Fsp3) is 0.103. The van der Waals surface area contributed by atoms with E-state index in [1.165, 1.54) is 113 Å². The summed E-state index contributed by atoms with van der Waals surface area (Å²) in [6, 6.07) is 76.4. The summed E-state index contributed by atoms with van der Waals surface area (Å²) < 4.78 is 2.65. The molecule has 0 spiro atoms. The monoisotopic (exact) mass is 787 g/mol. The van der Waals surface area contributed by atoms with Crippen LogP contribution >= 0.6 is 11.3 Å². The molecule has 1 aromatic heterocycles. The van der Waals surface area contributed by atoms with Gasteiger partial charge < -0.3 is 4.90 Å². The van der Waals surface area contributed by atoms with Crippen molar-refractivity contribution < 1.29 is 0 Å². The second kappa shape index (κ2) is 15.8. The van der Waals surface area contributed by atoms with Gasteiger partial charge >= 0.3 is 0 Å². The van der Waals surface area contributed by atoms with Crippen LogP contribution in [0.1, 0.15) is 43.6 Å². The third-order valence-electron chi connectivity index (χ3n) is 12.7. The number of hydrogen-bond acceptors (Lipinski definition) is 2. The van der Waals surface area contributed by atoms with Crippen molar-refractivity contribution in [3.63, 3.8) is 0 Å². The Kier molecular flexibility index (Phi) is 9.56. The van der Waals surface area contributed by atoms with Gasteiger partial charge in [0.25, 0.3) is 0 Å². The molecule has 0 N–H and O–H groups in total. The van der Waals surface area contributed by atoms with Gasteiger partial charge in [-0.15, -0.1) is 11.3 Å². The molecule has 60 heavy (non-hydrogen) atoms. The molecule has 0 aliphatic heterocycles. The number of thiophene rings is 1. The summed E-state index contributed by atoms with van der Waals surface area (Å²) in [7, 11) is 0. The van der Waals surface area contributed by atoms with Gasteiger partial charge in [0.05, 0.1) is 11.4 Å². The lowest BCUT2D eigenvalue weighted by molar-refractivity contribution is 0.445. The van der Waals surface area contributed by atoms with E-state index in [1.807, 2.05) is 11.3 Å². The Hall–Kier alpha value is -6.74. The fourth-order valence-corrected chi connectivity index (χ4v) is 11.0. The lowest BCUT2D eigenvalue weighted by Gasteiger charge is -2.31. The van der Waals surface area contributed by atoms with Gasteiger partial charge in [-0.25, -0.2) is 0 Å².